The number of esters is 1. The minimum atomic E-state index is -1.98. The van der Waals surface area contributed by atoms with Crippen LogP contribution in [0.2, 0.25) is 0 Å². The van der Waals surface area contributed by atoms with Gasteiger partial charge in [-0.2, -0.15) is 0 Å². The van der Waals surface area contributed by atoms with Crippen molar-refractivity contribution >= 4 is 34.0 Å². The molecule has 8 rings (SSSR count). The van der Waals surface area contributed by atoms with Crippen molar-refractivity contribution in [2.24, 2.45) is 5.92 Å². The number of benzene rings is 5. The van der Waals surface area contributed by atoms with Gasteiger partial charge in [-0.25, -0.2) is 4.79 Å². The number of ketones is 1. The smallest absolute Gasteiger partial charge is 0.347 e. The van der Waals surface area contributed by atoms with Gasteiger partial charge in [-0.15, -0.1) is 11.3 Å². The number of aromatic hydroxyl groups is 1. The Morgan fingerprint density at radius 3 is 2.34 bits per heavy atom. The Balaban J connectivity index is 0.849. The number of rotatable bonds is 18. The highest BCUT2D eigenvalue weighted by Gasteiger charge is 2.42. The molecule has 0 unspecified atom stereocenters. The van der Waals surface area contributed by atoms with Gasteiger partial charge in [-0.1, -0.05) is 103 Å². The predicted molar refractivity (Wildman–Crippen MR) is 253 cm³/mol. The van der Waals surface area contributed by atoms with Crippen molar-refractivity contribution in [1.82, 2.24) is 15.2 Å². The predicted octanol–water partition coefficient (Wildman–Crippen LogP) is 8.30. The minimum absolute atomic E-state index is 0.0182. The van der Waals surface area contributed by atoms with Crippen LogP contribution in [0, 0.1) is 5.92 Å². The largest absolute Gasteiger partial charge is 0.506 e. The Morgan fingerprint density at radius 1 is 0.877 bits per heavy atom. The first-order chi connectivity index (χ1) is 31.6. The van der Waals surface area contributed by atoms with Crippen molar-refractivity contribution in [2.45, 2.75) is 50.5 Å². The molecule has 0 spiro atoms. The number of likely N-dealkylation sites (tertiary alicyclic amines) is 1. The lowest BCUT2D eigenvalue weighted by Gasteiger charge is -2.33. The molecule has 0 radical (unpaired) electrons. The second kappa shape index (κ2) is 20.6. The number of hydrogen-bond acceptors (Lipinski definition) is 11. The molecule has 0 amide bonds. The molecular weight excluding hydrogens is 839 g/mol. The molecule has 1 aliphatic rings. The van der Waals surface area contributed by atoms with E-state index in [1.165, 1.54) is 17.7 Å². The van der Waals surface area contributed by atoms with Crippen LogP contribution in [0.3, 0.4) is 0 Å². The van der Waals surface area contributed by atoms with E-state index in [1.807, 2.05) is 35.7 Å². The quantitative estimate of drug-likeness (QED) is 0.0419. The van der Waals surface area contributed by atoms with E-state index in [9.17, 15) is 29.7 Å². The number of carbonyl (C=O) groups excluding carboxylic acids is 2. The second-order valence-electron chi connectivity index (χ2n) is 16.6. The molecule has 7 aromatic rings. The van der Waals surface area contributed by atoms with E-state index in [0.29, 0.717) is 52.8 Å². The van der Waals surface area contributed by atoms with Gasteiger partial charge >= 0.3 is 5.97 Å². The standard InChI is InChI=1S/C53H53N3O8S/c1-63-49-29-38(12-13-39(49)30-54-31-48(59)44-19-22-47(58)51-45(44)20-23-50(60)55-51)46(57)21-18-43-28-40(34-65-43)37-14-16-42(17-15-37)53(62,41-10-6-3-7-11-41)52(61)64-33-36-24-26-56(27-25-36)32-35-8-4-2-5-9-35/h2-17,19-20,22-23,28-29,34,36,48,54,58-59,62H,18,21,24-27,30-33H2,1H3,(H,55,60)/t48-,53-/m0/s1. The summed E-state index contributed by atoms with van der Waals surface area (Å²) in [4.78, 5) is 45.1. The lowest BCUT2D eigenvalue weighted by atomic mass is 9.85. The number of aryl methyl sites for hydroxylation is 1. The molecule has 3 heterocycles. The first-order valence-electron chi connectivity index (χ1n) is 21.9. The summed E-state index contributed by atoms with van der Waals surface area (Å²) in [6.45, 7) is 3.57. The van der Waals surface area contributed by atoms with Crippen LogP contribution in [0.15, 0.2) is 144 Å². The molecule has 334 valence electrons. The van der Waals surface area contributed by atoms with Gasteiger partial charge in [-0.3, -0.25) is 14.5 Å². The van der Waals surface area contributed by atoms with Crippen LogP contribution in [0.25, 0.3) is 22.0 Å². The third-order valence-electron chi connectivity index (χ3n) is 12.3. The zero-order chi connectivity index (χ0) is 45.3. The number of pyridine rings is 1. The lowest BCUT2D eigenvalue weighted by molar-refractivity contribution is -0.164. The number of aromatic nitrogens is 1. The van der Waals surface area contributed by atoms with Gasteiger partial charge in [0.1, 0.15) is 11.5 Å². The molecule has 2 aromatic heterocycles. The number of Topliss-reactive ketones (excluding diaryl/α,β-unsaturated/α-hetero) is 1. The number of phenolic OH excluding ortho intramolecular Hbond substituents is 1. The van der Waals surface area contributed by atoms with Crippen molar-refractivity contribution < 1.29 is 34.4 Å². The van der Waals surface area contributed by atoms with Crippen LogP contribution < -0.4 is 15.6 Å². The Hall–Kier alpha value is -6.41. The van der Waals surface area contributed by atoms with Gasteiger partial charge in [0, 0.05) is 53.5 Å². The summed E-state index contributed by atoms with van der Waals surface area (Å²) in [6, 6.07) is 40.2. The van der Waals surface area contributed by atoms with Gasteiger partial charge in [-0.05, 0) is 101 Å². The van der Waals surface area contributed by atoms with Crippen LogP contribution in [0.5, 0.6) is 11.5 Å². The highest BCUT2D eigenvalue weighted by atomic mass is 32.1. The number of carbonyl (C=O) groups is 2. The Kier molecular flexibility index (Phi) is 14.3. The Bertz CT molecular complexity index is 2780. The van der Waals surface area contributed by atoms with Crippen molar-refractivity contribution in [3.63, 3.8) is 0 Å². The van der Waals surface area contributed by atoms with Crippen LogP contribution >= 0.6 is 11.3 Å². The van der Waals surface area contributed by atoms with Gasteiger partial charge in [0.2, 0.25) is 11.2 Å². The highest BCUT2D eigenvalue weighted by Crippen LogP contribution is 2.35. The van der Waals surface area contributed by atoms with Crippen molar-refractivity contribution in [1.29, 1.82) is 0 Å². The summed E-state index contributed by atoms with van der Waals surface area (Å²) in [6.07, 6.45) is 1.77. The van der Waals surface area contributed by atoms with E-state index < -0.39 is 17.7 Å². The average Bonchev–Trinajstić information content (AvgIpc) is 3.83. The number of phenols is 1. The summed E-state index contributed by atoms with van der Waals surface area (Å²) in [7, 11) is 1.55. The van der Waals surface area contributed by atoms with Crippen molar-refractivity contribution in [3.8, 4) is 22.6 Å². The number of aliphatic hydroxyl groups excluding tert-OH is 1. The van der Waals surface area contributed by atoms with Gasteiger partial charge < -0.3 is 35.1 Å². The zero-order valence-corrected chi connectivity index (χ0v) is 37.1. The summed E-state index contributed by atoms with van der Waals surface area (Å²) in [5.74, 6) is -0.00767. The number of fused-ring (bicyclic) bond motifs is 1. The number of methoxy groups -OCH3 is 1. The van der Waals surface area contributed by atoms with Crippen molar-refractivity contribution in [2.75, 3.05) is 33.4 Å². The van der Waals surface area contributed by atoms with Crippen LogP contribution in [-0.2, 0) is 34.6 Å². The Labute approximate surface area is 381 Å². The van der Waals surface area contributed by atoms with E-state index in [0.717, 1.165) is 54.0 Å². The molecule has 1 aliphatic heterocycles. The number of nitrogens with zero attached hydrogens (tertiary/aromatic N) is 1. The number of aliphatic hydroxyl groups is 2. The molecule has 65 heavy (non-hydrogen) atoms. The van der Waals surface area contributed by atoms with Gasteiger partial charge in [0.05, 0.1) is 25.3 Å². The maximum absolute atomic E-state index is 13.9. The van der Waals surface area contributed by atoms with E-state index in [-0.39, 0.29) is 41.7 Å². The number of thiophene rings is 1. The molecule has 12 heteroatoms. The van der Waals surface area contributed by atoms with E-state index in [1.54, 1.807) is 79.1 Å². The molecule has 5 aromatic carbocycles. The normalized spacial score (nSPS) is 14.8. The molecule has 5 N–H and O–H groups in total. The number of H-pyrrole nitrogens is 1. The molecule has 1 saturated heterocycles. The van der Waals surface area contributed by atoms with Crippen LogP contribution in [-0.4, -0.2) is 70.3 Å². The number of hydrogen-bond donors (Lipinski definition) is 5. The number of aromatic amines is 1. The molecule has 11 nitrogen and oxygen atoms in total. The van der Waals surface area contributed by atoms with Crippen LogP contribution in [0.4, 0.5) is 0 Å². The Morgan fingerprint density at radius 2 is 1.60 bits per heavy atom. The first-order valence-corrected chi connectivity index (χ1v) is 22.8. The number of ether oxygens (including phenoxy) is 2. The summed E-state index contributed by atoms with van der Waals surface area (Å²) in [5, 5.41) is 39.2. The minimum Gasteiger partial charge on any atom is -0.506 e. The molecule has 0 saturated carbocycles. The van der Waals surface area contributed by atoms with E-state index in [2.05, 4.69) is 45.5 Å². The monoisotopic (exact) mass is 891 g/mol. The third kappa shape index (κ3) is 10.6. The fraction of sp³-hybridized carbons (Fsp3) is 0.264. The molecule has 2 atom stereocenters. The van der Waals surface area contributed by atoms with E-state index >= 15 is 0 Å². The molecule has 0 aliphatic carbocycles. The summed E-state index contributed by atoms with van der Waals surface area (Å²) in [5.41, 5.74) is 3.91. The maximum Gasteiger partial charge on any atom is 0.347 e. The highest BCUT2D eigenvalue weighted by molar-refractivity contribution is 7.10. The van der Waals surface area contributed by atoms with Crippen molar-refractivity contribution in [3.05, 3.63) is 187 Å². The van der Waals surface area contributed by atoms with Crippen LogP contribution in [0.1, 0.15) is 68.4 Å². The third-order valence-corrected chi connectivity index (χ3v) is 13.3. The second-order valence-corrected chi connectivity index (χ2v) is 17.6. The average molecular weight is 892 g/mol. The number of piperidine rings is 1. The fourth-order valence-corrected chi connectivity index (χ4v) is 9.45. The zero-order valence-electron chi connectivity index (χ0n) is 36.2. The fourth-order valence-electron chi connectivity index (χ4n) is 8.55. The van der Waals surface area contributed by atoms with E-state index in [4.69, 9.17) is 9.47 Å². The summed E-state index contributed by atoms with van der Waals surface area (Å²) >= 11 is 1.57. The van der Waals surface area contributed by atoms with Gasteiger partial charge in [0.25, 0.3) is 0 Å². The summed E-state index contributed by atoms with van der Waals surface area (Å²) < 4.78 is 11.6. The molecule has 0 bridgehead atoms. The maximum atomic E-state index is 13.9. The first kappa shape index (κ1) is 45.2. The number of nitrogens with one attached hydrogen (secondary N) is 2. The topological polar surface area (TPSA) is 161 Å². The van der Waals surface area contributed by atoms with Gasteiger partial charge in [0.15, 0.2) is 5.78 Å². The SMILES string of the molecule is COc1cc(C(=O)CCc2cc(-c3ccc([C@](O)(C(=O)OCC4CCN(Cc5ccccc5)CC4)c4ccccc4)cc3)cs2)ccc1CNC[C@H](O)c1ccc(O)c2[nH]c(=O)ccc12. The lowest BCUT2D eigenvalue weighted by Crippen LogP contribution is -2.40. The molecule has 1 fully saturated rings. The molecular formula is C53H53N3O8S.